The molecule has 1 fully saturated rings. The molecule has 0 atom stereocenters. The van der Waals surface area contributed by atoms with Gasteiger partial charge in [0.25, 0.3) is 0 Å². The van der Waals surface area contributed by atoms with Crippen LogP contribution in [0.5, 0.6) is 0 Å². The number of nitrogens with one attached hydrogen (secondary N) is 1. The first kappa shape index (κ1) is 12.4. The van der Waals surface area contributed by atoms with Crippen LogP contribution in [0.3, 0.4) is 0 Å². The first-order valence-electron chi connectivity index (χ1n) is 6.21. The largest absolute Gasteiger partial charge is 0.370 e. The third-order valence-electron chi connectivity index (χ3n) is 3.04. The van der Waals surface area contributed by atoms with Crippen LogP contribution in [-0.2, 0) is 6.54 Å². The van der Waals surface area contributed by atoms with Crippen molar-refractivity contribution in [3.8, 4) is 0 Å². The van der Waals surface area contributed by atoms with E-state index < -0.39 is 0 Å². The van der Waals surface area contributed by atoms with Crippen molar-refractivity contribution in [3.05, 3.63) is 16.1 Å². The van der Waals surface area contributed by atoms with Gasteiger partial charge in [0, 0.05) is 11.4 Å². The average Bonchev–Trinajstić information content (AvgIpc) is 2.74. The summed E-state index contributed by atoms with van der Waals surface area (Å²) in [5.41, 5.74) is 6.87. The number of hydrogen-bond acceptors (Lipinski definition) is 3. The van der Waals surface area contributed by atoms with Crippen molar-refractivity contribution >= 4 is 17.3 Å². The van der Waals surface area contributed by atoms with Crippen molar-refractivity contribution < 1.29 is 0 Å². The van der Waals surface area contributed by atoms with Crippen LogP contribution in [-0.4, -0.2) is 17.0 Å². The number of aryl methyl sites for hydroxylation is 1. The fourth-order valence-electron chi connectivity index (χ4n) is 2.15. The van der Waals surface area contributed by atoms with Gasteiger partial charge in [-0.05, 0) is 19.8 Å². The molecule has 0 radical (unpaired) electrons. The number of nitrogens with zero attached hydrogens (tertiary/aromatic N) is 2. The Hall–Kier alpha value is -1.10. The van der Waals surface area contributed by atoms with Gasteiger partial charge < -0.3 is 11.1 Å². The Labute approximate surface area is 106 Å². The molecule has 0 aromatic carbocycles. The highest BCUT2D eigenvalue weighted by molar-refractivity contribution is 7.09. The molecule has 0 aliphatic heterocycles. The summed E-state index contributed by atoms with van der Waals surface area (Å²) in [6.45, 7) is 2.58. The summed E-state index contributed by atoms with van der Waals surface area (Å²) < 4.78 is 0. The number of nitrogens with two attached hydrogens (primary N) is 1. The van der Waals surface area contributed by atoms with Crippen LogP contribution in [0.15, 0.2) is 10.4 Å². The third kappa shape index (κ3) is 4.00. The Balaban J connectivity index is 1.80. The lowest BCUT2D eigenvalue weighted by Crippen LogP contribution is -2.41. The van der Waals surface area contributed by atoms with Gasteiger partial charge in [-0.25, -0.2) is 9.98 Å². The van der Waals surface area contributed by atoms with Crippen LogP contribution in [0.25, 0.3) is 0 Å². The van der Waals surface area contributed by atoms with E-state index in [0.29, 0.717) is 18.5 Å². The van der Waals surface area contributed by atoms with Gasteiger partial charge in [-0.2, -0.15) is 0 Å². The molecule has 0 spiro atoms. The van der Waals surface area contributed by atoms with Crippen LogP contribution in [0, 0.1) is 6.92 Å². The van der Waals surface area contributed by atoms with Gasteiger partial charge in [0.15, 0.2) is 5.96 Å². The number of thiazole rings is 1. The number of aliphatic imine (C=N–C) groups is 1. The Morgan fingerprint density at radius 1 is 1.53 bits per heavy atom. The summed E-state index contributed by atoms with van der Waals surface area (Å²) in [6, 6.07) is 0.518. The van der Waals surface area contributed by atoms with E-state index in [2.05, 4.69) is 15.3 Å². The smallest absolute Gasteiger partial charge is 0.189 e. The van der Waals surface area contributed by atoms with Gasteiger partial charge in [0.2, 0.25) is 0 Å². The van der Waals surface area contributed by atoms with E-state index in [1.165, 1.54) is 32.1 Å². The SMILES string of the molecule is Cc1nc(CN=C(N)NC2CCCCC2)cs1. The lowest BCUT2D eigenvalue weighted by molar-refractivity contribution is 0.412. The summed E-state index contributed by atoms with van der Waals surface area (Å²) in [5.74, 6) is 0.558. The van der Waals surface area contributed by atoms with Crippen LogP contribution < -0.4 is 11.1 Å². The Bertz CT molecular complexity index is 380. The fourth-order valence-corrected chi connectivity index (χ4v) is 2.75. The van der Waals surface area contributed by atoms with Crippen molar-refractivity contribution in [2.45, 2.75) is 51.6 Å². The maximum atomic E-state index is 5.87. The second-order valence-corrected chi connectivity index (χ2v) is 5.60. The molecule has 0 saturated heterocycles. The van der Waals surface area contributed by atoms with Crippen molar-refractivity contribution in [2.24, 2.45) is 10.7 Å². The minimum atomic E-state index is 0.518. The number of guanidine groups is 1. The molecular weight excluding hydrogens is 232 g/mol. The first-order valence-corrected chi connectivity index (χ1v) is 7.09. The predicted octanol–water partition coefficient (Wildman–Crippen LogP) is 2.19. The number of hydrogen-bond donors (Lipinski definition) is 2. The van der Waals surface area contributed by atoms with Gasteiger partial charge >= 0.3 is 0 Å². The van der Waals surface area contributed by atoms with Gasteiger partial charge in [-0.1, -0.05) is 19.3 Å². The highest BCUT2D eigenvalue weighted by Gasteiger charge is 2.13. The predicted molar refractivity (Wildman–Crippen MR) is 72.2 cm³/mol. The lowest BCUT2D eigenvalue weighted by Gasteiger charge is -2.23. The van der Waals surface area contributed by atoms with Crippen LogP contribution in [0.4, 0.5) is 0 Å². The van der Waals surface area contributed by atoms with E-state index in [9.17, 15) is 0 Å². The van der Waals surface area contributed by atoms with Crippen LogP contribution in [0.1, 0.15) is 42.8 Å². The first-order chi connectivity index (χ1) is 8.24. The zero-order valence-electron chi connectivity index (χ0n) is 10.3. The molecule has 0 unspecified atom stereocenters. The highest BCUT2D eigenvalue weighted by atomic mass is 32.1. The molecule has 1 aromatic rings. The molecule has 1 aromatic heterocycles. The van der Waals surface area contributed by atoms with Crippen LogP contribution in [0.2, 0.25) is 0 Å². The summed E-state index contributed by atoms with van der Waals surface area (Å²) in [6.07, 6.45) is 6.39. The van der Waals surface area contributed by atoms with E-state index in [4.69, 9.17) is 5.73 Å². The molecular formula is C12H20N4S. The molecule has 17 heavy (non-hydrogen) atoms. The van der Waals surface area contributed by atoms with Crippen LogP contribution >= 0.6 is 11.3 Å². The van der Waals surface area contributed by atoms with Gasteiger partial charge in [0.1, 0.15) is 0 Å². The van der Waals surface area contributed by atoms with Crippen molar-refractivity contribution in [2.75, 3.05) is 0 Å². The topological polar surface area (TPSA) is 63.3 Å². The molecule has 1 heterocycles. The summed E-state index contributed by atoms with van der Waals surface area (Å²) in [5, 5.41) is 6.41. The fraction of sp³-hybridized carbons (Fsp3) is 0.667. The number of aromatic nitrogens is 1. The molecule has 0 bridgehead atoms. The van der Waals surface area contributed by atoms with Crippen molar-refractivity contribution in [1.29, 1.82) is 0 Å². The quantitative estimate of drug-likeness (QED) is 0.640. The lowest BCUT2D eigenvalue weighted by atomic mass is 9.96. The van der Waals surface area contributed by atoms with E-state index in [0.717, 1.165) is 10.7 Å². The molecule has 1 aliphatic carbocycles. The minimum Gasteiger partial charge on any atom is -0.370 e. The van der Waals surface area contributed by atoms with E-state index >= 15 is 0 Å². The zero-order chi connectivity index (χ0) is 12.1. The Morgan fingerprint density at radius 2 is 2.29 bits per heavy atom. The van der Waals surface area contributed by atoms with Crippen molar-refractivity contribution in [3.63, 3.8) is 0 Å². The summed E-state index contributed by atoms with van der Waals surface area (Å²) >= 11 is 1.65. The molecule has 1 aliphatic rings. The molecule has 3 N–H and O–H groups in total. The Kier molecular flexibility index (Phi) is 4.36. The second kappa shape index (κ2) is 6.00. The normalized spacial score (nSPS) is 18.3. The molecule has 1 saturated carbocycles. The monoisotopic (exact) mass is 252 g/mol. The van der Waals surface area contributed by atoms with Gasteiger partial charge in [-0.15, -0.1) is 11.3 Å². The minimum absolute atomic E-state index is 0.518. The second-order valence-electron chi connectivity index (χ2n) is 4.54. The standard InChI is InChI=1S/C12H20N4S/c1-9-15-11(8-17-9)7-14-12(13)16-10-5-3-2-4-6-10/h8,10H,2-7H2,1H3,(H3,13,14,16). The van der Waals surface area contributed by atoms with Crippen molar-refractivity contribution in [1.82, 2.24) is 10.3 Å². The van der Waals surface area contributed by atoms with Gasteiger partial charge in [0.05, 0.1) is 17.2 Å². The maximum Gasteiger partial charge on any atom is 0.189 e. The van der Waals surface area contributed by atoms with E-state index in [1.54, 1.807) is 11.3 Å². The van der Waals surface area contributed by atoms with Gasteiger partial charge in [-0.3, -0.25) is 0 Å². The molecule has 2 rings (SSSR count). The molecule has 4 nitrogen and oxygen atoms in total. The third-order valence-corrected chi connectivity index (χ3v) is 3.86. The molecule has 5 heteroatoms. The summed E-state index contributed by atoms with van der Waals surface area (Å²) in [7, 11) is 0. The average molecular weight is 252 g/mol. The molecule has 94 valence electrons. The Morgan fingerprint density at radius 3 is 2.94 bits per heavy atom. The molecule has 0 amide bonds. The van der Waals surface area contributed by atoms with E-state index in [-0.39, 0.29) is 0 Å². The number of rotatable bonds is 3. The maximum absolute atomic E-state index is 5.87. The van der Waals surface area contributed by atoms with E-state index in [1.807, 2.05) is 12.3 Å². The zero-order valence-corrected chi connectivity index (χ0v) is 11.1. The highest BCUT2D eigenvalue weighted by Crippen LogP contribution is 2.17. The summed E-state index contributed by atoms with van der Waals surface area (Å²) in [4.78, 5) is 8.69.